The second kappa shape index (κ2) is 14.7. The van der Waals surface area contributed by atoms with E-state index in [0.717, 1.165) is 30.4 Å². The molecule has 0 radical (unpaired) electrons. The lowest BCUT2D eigenvalue weighted by atomic mass is 9.75. The first-order chi connectivity index (χ1) is 22.0. The molecule has 0 bridgehead atoms. The van der Waals surface area contributed by atoms with Crippen molar-refractivity contribution in [2.75, 3.05) is 6.54 Å². The van der Waals surface area contributed by atoms with Gasteiger partial charge in [-0.25, -0.2) is 4.79 Å². The first-order valence-corrected chi connectivity index (χ1v) is 16.6. The number of amides is 4. The lowest BCUT2D eigenvalue weighted by Gasteiger charge is -2.43. The van der Waals surface area contributed by atoms with E-state index < -0.39 is 47.3 Å². The number of nitrogens with one attached hydrogen (secondary N) is 3. The molecule has 11 heteroatoms. The van der Waals surface area contributed by atoms with Crippen molar-refractivity contribution >= 4 is 41.2 Å². The smallest absolute Gasteiger partial charge is 0.411 e. The van der Waals surface area contributed by atoms with E-state index in [1.165, 1.54) is 4.90 Å². The fourth-order valence-corrected chi connectivity index (χ4v) is 6.34. The molecule has 2 aromatic rings. The lowest BCUT2D eigenvalue weighted by molar-refractivity contribution is -0.141. The minimum Gasteiger partial charge on any atom is -0.438 e. The Morgan fingerprint density at radius 3 is 2.37 bits per heavy atom. The molecule has 4 amide bonds. The summed E-state index contributed by atoms with van der Waals surface area (Å²) in [6.45, 7) is 4.44. The maximum absolute atomic E-state index is 14.2. The normalized spacial score (nSPS) is 19.7. The van der Waals surface area contributed by atoms with Gasteiger partial charge in [-0.1, -0.05) is 67.9 Å². The Labute approximate surface area is 274 Å². The fraction of sp³-hybridized carbons (Fsp3) is 0.514. The van der Waals surface area contributed by atoms with Crippen molar-refractivity contribution in [3.8, 4) is 0 Å². The van der Waals surface area contributed by atoms with Crippen LogP contribution in [-0.2, 0) is 36.1 Å². The van der Waals surface area contributed by atoms with E-state index in [2.05, 4.69) is 16.0 Å². The average molecular weight is 651 g/mol. The second-order valence-electron chi connectivity index (χ2n) is 13.2. The molecule has 3 N–H and O–H groups in total. The molecule has 0 spiro atoms. The molecular formula is C35H43ClN4O6. The van der Waals surface area contributed by atoms with Crippen molar-refractivity contribution in [3.63, 3.8) is 0 Å². The van der Waals surface area contributed by atoms with Gasteiger partial charge in [-0.05, 0) is 80.5 Å². The number of ether oxygens (including phenoxy) is 1. The van der Waals surface area contributed by atoms with Crippen molar-refractivity contribution in [2.24, 2.45) is 11.8 Å². The Morgan fingerprint density at radius 1 is 1.04 bits per heavy atom. The number of Topliss-reactive ketones (excluding diaryl/α,β-unsaturated/α-hetero) is 1. The van der Waals surface area contributed by atoms with Crippen LogP contribution in [0, 0.1) is 11.8 Å². The highest BCUT2D eigenvalue weighted by Gasteiger charge is 2.45. The van der Waals surface area contributed by atoms with Gasteiger partial charge in [0.25, 0.3) is 5.91 Å². The van der Waals surface area contributed by atoms with E-state index in [4.69, 9.17) is 16.3 Å². The summed E-state index contributed by atoms with van der Waals surface area (Å²) in [5, 5.41) is 8.80. The Bertz CT molecular complexity index is 1440. The first kappa shape index (κ1) is 33.4. The highest BCUT2D eigenvalue weighted by molar-refractivity contribution is 6.38. The van der Waals surface area contributed by atoms with Crippen LogP contribution < -0.4 is 16.0 Å². The third-order valence-corrected chi connectivity index (χ3v) is 9.29. The van der Waals surface area contributed by atoms with Gasteiger partial charge >= 0.3 is 6.09 Å². The average Bonchev–Trinajstić information content (AvgIpc) is 3.74. The number of hydrogen-bond acceptors (Lipinski definition) is 6. The molecule has 2 saturated carbocycles. The molecule has 3 atom stereocenters. The van der Waals surface area contributed by atoms with Gasteiger partial charge in [-0.3, -0.25) is 24.1 Å². The molecule has 46 heavy (non-hydrogen) atoms. The molecule has 3 unspecified atom stereocenters. The van der Waals surface area contributed by atoms with Crippen molar-refractivity contribution in [1.82, 2.24) is 20.9 Å². The van der Waals surface area contributed by atoms with Gasteiger partial charge in [-0.15, -0.1) is 0 Å². The SMILES string of the molecule is CC(C)CC(C(=O)NC(CC1CCNC1=O)C(=O)C(=O)NC1CC1)N(Cc1ccccc1)C(=O)OC1(c2cccc(Cl)c2)CCC1. The summed E-state index contributed by atoms with van der Waals surface area (Å²) >= 11 is 6.30. The summed E-state index contributed by atoms with van der Waals surface area (Å²) in [7, 11) is 0. The second-order valence-corrected chi connectivity index (χ2v) is 13.6. The van der Waals surface area contributed by atoms with E-state index in [1.54, 1.807) is 12.1 Å². The number of nitrogens with zero attached hydrogens (tertiary/aromatic N) is 1. The van der Waals surface area contributed by atoms with Gasteiger partial charge in [0.05, 0.1) is 6.04 Å². The van der Waals surface area contributed by atoms with E-state index >= 15 is 0 Å². The Balaban J connectivity index is 1.43. The zero-order valence-electron chi connectivity index (χ0n) is 26.4. The molecular weight excluding hydrogens is 608 g/mol. The highest BCUT2D eigenvalue weighted by Crippen LogP contribution is 2.46. The van der Waals surface area contributed by atoms with Gasteiger partial charge < -0.3 is 20.7 Å². The maximum atomic E-state index is 14.2. The van der Waals surface area contributed by atoms with Gasteiger partial charge in [-0.2, -0.15) is 0 Å². The summed E-state index contributed by atoms with van der Waals surface area (Å²) in [4.78, 5) is 68.6. The number of carbonyl (C=O) groups is 5. The van der Waals surface area contributed by atoms with Crippen LogP contribution in [0.3, 0.4) is 0 Å². The molecule has 2 aliphatic carbocycles. The highest BCUT2D eigenvalue weighted by atomic mass is 35.5. The fourth-order valence-electron chi connectivity index (χ4n) is 6.15. The summed E-state index contributed by atoms with van der Waals surface area (Å²) in [6, 6.07) is 14.3. The molecule has 5 rings (SSSR count). The van der Waals surface area contributed by atoms with Crippen molar-refractivity contribution in [1.29, 1.82) is 0 Å². The number of rotatable bonds is 14. The van der Waals surface area contributed by atoms with Crippen LogP contribution in [0.25, 0.3) is 0 Å². The van der Waals surface area contributed by atoms with E-state index in [-0.39, 0.29) is 37.3 Å². The standard InChI is InChI=1S/C35H43ClN4O6/c1-22(2)18-29(32(43)39-28(19-24-14-17-37-31(24)42)30(41)33(44)38-27-12-13-27)40(21-23-8-4-3-5-9-23)34(45)46-35(15-7-16-35)25-10-6-11-26(36)20-25/h3-6,8-11,20,22,24,27-29H,7,12-19,21H2,1-2H3,(H,37,42)(H,38,44)(H,39,43). The molecule has 1 aliphatic heterocycles. The van der Waals surface area contributed by atoms with Crippen LogP contribution in [0.5, 0.6) is 0 Å². The lowest BCUT2D eigenvalue weighted by Crippen LogP contribution is -2.56. The van der Waals surface area contributed by atoms with Gasteiger partial charge in [0.1, 0.15) is 11.6 Å². The largest absolute Gasteiger partial charge is 0.438 e. The summed E-state index contributed by atoms with van der Waals surface area (Å²) in [6.07, 6.45) is 3.81. The van der Waals surface area contributed by atoms with Crippen molar-refractivity contribution in [3.05, 3.63) is 70.7 Å². The summed E-state index contributed by atoms with van der Waals surface area (Å²) < 4.78 is 6.29. The molecule has 10 nitrogen and oxygen atoms in total. The molecule has 2 aromatic carbocycles. The van der Waals surface area contributed by atoms with Gasteiger partial charge in [0.2, 0.25) is 17.6 Å². The zero-order valence-corrected chi connectivity index (χ0v) is 27.2. The van der Waals surface area contributed by atoms with Crippen molar-refractivity contribution in [2.45, 2.75) is 95.5 Å². The zero-order chi connectivity index (χ0) is 32.8. The molecule has 3 fully saturated rings. The Morgan fingerprint density at radius 2 is 1.78 bits per heavy atom. The number of halogens is 1. The molecule has 246 valence electrons. The molecule has 1 heterocycles. The van der Waals surface area contributed by atoms with Gasteiger partial charge in [0.15, 0.2) is 0 Å². The Hall–Kier alpha value is -3.92. The minimum atomic E-state index is -1.23. The number of hydrogen-bond donors (Lipinski definition) is 3. The van der Waals surface area contributed by atoms with E-state index in [0.29, 0.717) is 30.8 Å². The predicted molar refractivity (Wildman–Crippen MR) is 173 cm³/mol. The monoisotopic (exact) mass is 650 g/mol. The number of ketones is 1. The summed E-state index contributed by atoms with van der Waals surface area (Å²) in [5.74, 6) is -2.90. The third kappa shape index (κ3) is 8.26. The van der Waals surface area contributed by atoms with Crippen LogP contribution in [0.1, 0.15) is 76.3 Å². The van der Waals surface area contributed by atoms with Crippen LogP contribution >= 0.6 is 11.6 Å². The molecule has 0 aromatic heterocycles. The molecule has 3 aliphatic rings. The topological polar surface area (TPSA) is 134 Å². The predicted octanol–water partition coefficient (Wildman–Crippen LogP) is 4.63. The van der Waals surface area contributed by atoms with Gasteiger partial charge in [0, 0.05) is 30.1 Å². The maximum Gasteiger partial charge on any atom is 0.411 e. The van der Waals surface area contributed by atoms with E-state index in [9.17, 15) is 24.0 Å². The van der Waals surface area contributed by atoms with Crippen LogP contribution in [0.4, 0.5) is 4.79 Å². The quantitative estimate of drug-likeness (QED) is 0.255. The van der Waals surface area contributed by atoms with Crippen LogP contribution in [0.2, 0.25) is 5.02 Å². The first-order valence-electron chi connectivity index (χ1n) is 16.3. The van der Waals surface area contributed by atoms with Crippen LogP contribution in [-0.4, -0.2) is 59.2 Å². The Kier molecular flexibility index (Phi) is 10.7. The molecule has 1 saturated heterocycles. The van der Waals surface area contributed by atoms with Crippen LogP contribution in [0.15, 0.2) is 54.6 Å². The van der Waals surface area contributed by atoms with Crippen molar-refractivity contribution < 1.29 is 28.7 Å². The summed E-state index contributed by atoms with van der Waals surface area (Å²) in [5.41, 5.74) is 0.724. The third-order valence-electron chi connectivity index (χ3n) is 9.05. The number of benzene rings is 2. The minimum absolute atomic E-state index is 0.0100. The van der Waals surface area contributed by atoms with E-state index in [1.807, 2.05) is 56.3 Å². The number of carbonyl (C=O) groups excluding carboxylic acids is 5.